The lowest BCUT2D eigenvalue weighted by Gasteiger charge is -2.28. The van der Waals surface area contributed by atoms with E-state index in [9.17, 15) is 9.59 Å². The van der Waals surface area contributed by atoms with Crippen LogP contribution in [0.2, 0.25) is 0 Å². The summed E-state index contributed by atoms with van der Waals surface area (Å²) < 4.78 is 0. The minimum absolute atomic E-state index is 0. The van der Waals surface area contributed by atoms with E-state index in [1.54, 1.807) is 0 Å². The second-order valence-electron chi connectivity index (χ2n) is 5.23. The van der Waals surface area contributed by atoms with Gasteiger partial charge in [0.05, 0.1) is 6.04 Å². The molecule has 106 valence electrons. The van der Waals surface area contributed by atoms with Gasteiger partial charge in [-0.15, -0.1) is 12.4 Å². The maximum absolute atomic E-state index is 11.7. The highest BCUT2D eigenvalue weighted by Crippen LogP contribution is 2.23. The van der Waals surface area contributed by atoms with Crippen molar-refractivity contribution in [2.24, 2.45) is 23.3 Å². The van der Waals surface area contributed by atoms with Gasteiger partial charge in [-0.25, -0.2) is 0 Å². The highest BCUT2D eigenvalue weighted by atomic mass is 35.5. The van der Waals surface area contributed by atoms with Crippen LogP contribution in [0.3, 0.4) is 0 Å². The molecular formula is C12H24ClN3O2. The van der Waals surface area contributed by atoms with E-state index < -0.39 is 6.04 Å². The van der Waals surface area contributed by atoms with E-state index in [2.05, 4.69) is 5.32 Å². The number of carbonyl (C=O) groups is 2. The maximum atomic E-state index is 11.7. The third kappa shape index (κ3) is 4.82. The number of hydrogen-bond donors (Lipinski definition) is 3. The van der Waals surface area contributed by atoms with Crippen molar-refractivity contribution in [2.45, 2.75) is 51.6 Å². The van der Waals surface area contributed by atoms with Crippen LogP contribution in [0, 0.1) is 11.8 Å². The van der Waals surface area contributed by atoms with Gasteiger partial charge in [0.2, 0.25) is 11.8 Å². The molecule has 0 aromatic heterocycles. The molecule has 0 aliphatic heterocycles. The van der Waals surface area contributed by atoms with Crippen LogP contribution in [0.15, 0.2) is 0 Å². The molecular weight excluding hydrogens is 254 g/mol. The summed E-state index contributed by atoms with van der Waals surface area (Å²) in [5, 5.41) is 2.94. The van der Waals surface area contributed by atoms with Crippen molar-refractivity contribution in [3.05, 3.63) is 0 Å². The normalized spacial score (nSPS) is 25.1. The minimum atomic E-state index is -0.455. The van der Waals surface area contributed by atoms with Gasteiger partial charge in [0.15, 0.2) is 0 Å². The summed E-state index contributed by atoms with van der Waals surface area (Å²) in [5.41, 5.74) is 11.0. The molecule has 18 heavy (non-hydrogen) atoms. The number of rotatable bonds is 4. The second kappa shape index (κ2) is 7.59. The monoisotopic (exact) mass is 277 g/mol. The number of hydrogen-bond acceptors (Lipinski definition) is 3. The number of nitrogens with two attached hydrogens (primary N) is 2. The van der Waals surface area contributed by atoms with Gasteiger partial charge >= 0.3 is 0 Å². The van der Waals surface area contributed by atoms with Gasteiger partial charge in [-0.3, -0.25) is 9.59 Å². The third-order valence-corrected chi connectivity index (χ3v) is 3.50. The molecule has 1 aliphatic carbocycles. The topological polar surface area (TPSA) is 98.2 Å². The first-order valence-electron chi connectivity index (χ1n) is 6.27. The molecule has 1 aliphatic rings. The molecule has 0 aromatic carbocycles. The molecule has 0 bridgehead atoms. The third-order valence-electron chi connectivity index (χ3n) is 3.50. The molecule has 1 unspecified atom stereocenters. The van der Waals surface area contributed by atoms with Crippen molar-refractivity contribution in [2.75, 3.05) is 0 Å². The molecule has 6 heteroatoms. The molecule has 0 saturated heterocycles. The number of carbonyl (C=O) groups excluding carboxylic acids is 2. The molecule has 1 atom stereocenters. The average molecular weight is 278 g/mol. The molecule has 0 radical (unpaired) electrons. The number of primary amides is 1. The summed E-state index contributed by atoms with van der Waals surface area (Å²) in [6.07, 6.45) is 3.14. The first kappa shape index (κ1) is 17.2. The fourth-order valence-electron chi connectivity index (χ4n) is 2.12. The summed E-state index contributed by atoms with van der Waals surface area (Å²) >= 11 is 0. The highest BCUT2D eigenvalue weighted by molar-refractivity contribution is 5.85. The van der Waals surface area contributed by atoms with E-state index in [1.807, 2.05) is 13.8 Å². The number of halogens is 1. The fourth-order valence-corrected chi connectivity index (χ4v) is 2.12. The zero-order chi connectivity index (χ0) is 13.0. The van der Waals surface area contributed by atoms with Crippen LogP contribution in [0.1, 0.15) is 39.5 Å². The van der Waals surface area contributed by atoms with Crippen molar-refractivity contribution < 1.29 is 9.59 Å². The van der Waals surface area contributed by atoms with Crippen LogP contribution in [0.5, 0.6) is 0 Å². The summed E-state index contributed by atoms with van der Waals surface area (Å²) in [6.45, 7) is 3.85. The Morgan fingerprint density at radius 1 is 1.17 bits per heavy atom. The van der Waals surface area contributed by atoms with Gasteiger partial charge in [-0.1, -0.05) is 13.8 Å². The Morgan fingerprint density at radius 3 is 2.06 bits per heavy atom. The first-order chi connectivity index (χ1) is 7.91. The Bertz CT molecular complexity index is 289. The van der Waals surface area contributed by atoms with Crippen LogP contribution in [0.25, 0.3) is 0 Å². The highest BCUT2D eigenvalue weighted by Gasteiger charge is 2.27. The quantitative estimate of drug-likeness (QED) is 0.700. The van der Waals surface area contributed by atoms with Crippen molar-refractivity contribution >= 4 is 24.2 Å². The number of nitrogens with one attached hydrogen (secondary N) is 1. The molecule has 1 saturated carbocycles. The summed E-state index contributed by atoms with van der Waals surface area (Å²) in [6, 6.07) is -0.313. The van der Waals surface area contributed by atoms with E-state index in [-0.39, 0.29) is 42.1 Å². The first-order valence-corrected chi connectivity index (χ1v) is 6.27. The van der Waals surface area contributed by atoms with Gasteiger partial charge in [-0.2, -0.15) is 0 Å². The summed E-state index contributed by atoms with van der Waals surface area (Å²) in [4.78, 5) is 22.7. The lowest BCUT2D eigenvalue weighted by Crippen LogP contribution is -2.49. The fraction of sp³-hybridized carbons (Fsp3) is 0.833. The van der Waals surface area contributed by atoms with Crippen molar-refractivity contribution in [1.82, 2.24) is 5.32 Å². The van der Waals surface area contributed by atoms with Crippen LogP contribution < -0.4 is 16.8 Å². The van der Waals surface area contributed by atoms with Gasteiger partial charge in [0, 0.05) is 12.0 Å². The molecule has 1 rings (SSSR count). The Kier molecular flexibility index (Phi) is 7.25. The minimum Gasteiger partial charge on any atom is -0.369 e. The molecule has 2 amide bonds. The summed E-state index contributed by atoms with van der Waals surface area (Å²) in [7, 11) is 0. The Hall–Kier alpha value is -0.810. The van der Waals surface area contributed by atoms with Crippen LogP contribution in [-0.4, -0.2) is 23.9 Å². The molecule has 5 N–H and O–H groups in total. The zero-order valence-electron chi connectivity index (χ0n) is 11.0. The van der Waals surface area contributed by atoms with Crippen LogP contribution in [0.4, 0.5) is 0 Å². The van der Waals surface area contributed by atoms with Gasteiger partial charge in [-0.05, 0) is 31.6 Å². The predicted molar refractivity (Wildman–Crippen MR) is 73.1 cm³/mol. The smallest absolute Gasteiger partial charge is 0.237 e. The maximum Gasteiger partial charge on any atom is 0.237 e. The Balaban J connectivity index is 0.00000289. The van der Waals surface area contributed by atoms with Gasteiger partial charge < -0.3 is 16.8 Å². The largest absolute Gasteiger partial charge is 0.369 e. The second-order valence-corrected chi connectivity index (χ2v) is 5.23. The van der Waals surface area contributed by atoms with E-state index in [0.717, 1.165) is 25.7 Å². The van der Waals surface area contributed by atoms with Crippen LogP contribution in [-0.2, 0) is 9.59 Å². The predicted octanol–water partition coefficient (Wildman–Crippen LogP) is 0.552. The molecule has 1 fully saturated rings. The van der Waals surface area contributed by atoms with Crippen LogP contribution >= 0.6 is 12.4 Å². The van der Waals surface area contributed by atoms with E-state index in [1.165, 1.54) is 0 Å². The summed E-state index contributed by atoms with van der Waals surface area (Å²) in [5.74, 6) is -0.213. The van der Waals surface area contributed by atoms with E-state index >= 15 is 0 Å². The Morgan fingerprint density at radius 2 is 1.67 bits per heavy atom. The van der Waals surface area contributed by atoms with Crippen molar-refractivity contribution in [1.29, 1.82) is 0 Å². The SMILES string of the molecule is CC(C)C(N)C(=O)NC1CCC(C(N)=O)CC1.Cl. The standard InChI is InChI=1S/C12H23N3O2.ClH/c1-7(2)10(13)12(17)15-9-5-3-8(4-6-9)11(14)16;/h7-10H,3-6,13H2,1-2H3,(H2,14,16)(H,15,17);1H. The Labute approximate surface area is 114 Å². The molecule has 0 aromatic rings. The van der Waals surface area contributed by atoms with Gasteiger partial charge in [0.1, 0.15) is 0 Å². The lowest BCUT2D eigenvalue weighted by molar-refractivity contribution is -0.124. The van der Waals surface area contributed by atoms with E-state index in [0.29, 0.717) is 0 Å². The average Bonchev–Trinajstić information content (AvgIpc) is 2.28. The van der Waals surface area contributed by atoms with Crippen molar-refractivity contribution in [3.63, 3.8) is 0 Å². The number of amides is 2. The molecule has 5 nitrogen and oxygen atoms in total. The van der Waals surface area contributed by atoms with Gasteiger partial charge in [0.25, 0.3) is 0 Å². The zero-order valence-corrected chi connectivity index (χ0v) is 11.8. The lowest BCUT2D eigenvalue weighted by atomic mass is 9.85. The molecule has 0 heterocycles. The van der Waals surface area contributed by atoms with E-state index in [4.69, 9.17) is 11.5 Å². The van der Waals surface area contributed by atoms with Crippen molar-refractivity contribution in [3.8, 4) is 0 Å². The molecule has 0 spiro atoms.